The molecule has 0 rings (SSSR count). The number of carbonyl (C=O) groups excluding carboxylic acids is 1. The number of methoxy groups -OCH3 is 2. The molecule has 80 valence electrons. The van der Waals surface area contributed by atoms with Crippen molar-refractivity contribution in [3.05, 3.63) is 0 Å². The molecular weight excluding hydrogens is 191 g/mol. The standard InChI is InChI=1S/C5H14OP.C3H6O3/c1-6-5-7(2,3)4;1-6-2-3(4)5/h5H2,1-4H3;2H2,1H3,(H,4,5)/q+1;/p-1. The molecule has 13 heavy (non-hydrogen) atoms. The van der Waals surface area contributed by atoms with Gasteiger partial charge in [-0.3, -0.25) is 0 Å². The average molecular weight is 210 g/mol. The third-order valence-electron chi connectivity index (χ3n) is 0.779. The molecule has 0 aliphatic heterocycles. The molecule has 0 aromatic carbocycles. The van der Waals surface area contributed by atoms with Gasteiger partial charge in [-0.05, 0) is 0 Å². The van der Waals surface area contributed by atoms with Crippen LogP contribution in [0.2, 0.25) is 0 Å². The van der Waals surface area contributed by atoms with E-state index in [1.54, 1.807) is 7.11 Å². The lowest BCUT2D eigenvalue weighted by atomic mass is 10.8. The fourth-order valence-corrected chi connectivity index (χ4v) is 1.28. The zero-order valence-corrected chi connectivity index (χ0v) is 9.89. The summed E-state index contributed by atoms with van der Waals surface area (Å²) in [7, 11) is 2.42. The summed E-state index contributed by atoms with van der Waals surface area (Å²) in [6, 6.07) is 0. The van der Waals surface area contributed by atoms with E-state index in [2.05, 4.69) is 24.7 Å². The van der Waals surface area contributed by atoms with Crippen molar-refractivity contribution in [3.63, 3.8) is 0 Å². The van der Waals surface area contributed by atoms with E-state index in [0.29, 0.717) is 0 Å². The van der Waals surface area contributed by atoms with Gasteiger partial charge < -0.3 is 19.4 Å². The van der Waals surface area contributed by atoms with Crippen LogP contribution in [0.1, 0.15) is 0 Å². The molecule has 0 radical (unpaired) electrons. The van der Waals surface area contributed by atoms with Crippen LogP contribution in [0.5, 0.6) is 0 Å². The summed E-state index contributed by atoms with van der Waals surface area (Å²) in [5, 5.41) is 9.36. The Morgan fingerprint density at radius 2 is 1.69 bits per heavy atom. The second-order valence-electron chi connectivity index (χ2n) is 3.51. The van der Waals surface area contributed by atoms with Crippen LogP contribution in [0.25, 0.3) is 0 Å². The molecule has 0 saturated heterocycles. The van der Waals surface area contributed by atoms with Crippen molar-refractivity contribution in [1.29, 1.82) is 0 Å². The number of carbonyl (C=O) groups is 1. The summed E-state index contributed by atoms with van der Waals surface area (Å²) >= 11 is 0. The van der Waals surface area contributed by atoms with Gasteiger partial charge in [0.2, 0.25) is 0 Å². The van der Waals surface area contributed by atoms with Gasteiger partial charge in [0.25, 0.3) is 0 Å². The minimum atomic E-state index is -1.18. The number of hydrogen-bond donors (Lipinski definition) is 0. The zero-order chi connectivity index (χ0) is 10.9. The second kappa shape index (κ2) is 8.42. The first-order valence-corrected chi connectivity index (χ1v) is 7.13. The minimum Gasteiger partial charge on any atom is -0.548 e. The molecule has 0 amide bonds. The van der Waals surface area contributed by atoms with E-state index in [-0.39, 0.29) is 6.61 Å². The maximum absolute atomic E-state index is 9.36. The Bertz CT molecular complexity index is 131. The van der Waals surface area contributed by atoms with Gasteiger partial charge in [-0.2, -0.15) is 0 Å². The van der Waals surface area contributed by atoms with Crippen LogP contribution >= 0.6 is 7.26 Å². The smallest absolute Gasteiger partial charge is 0.155 e. The Labute approximate surface area is 80.6 Å². The lowest BCUT2D eigenvalue weighted by molar-refractivity contribution is -0.309. The zero-order valence-electron chi connectivity index (χ0n) is 8.99. The van der Waals surface area contributed by atoms with Crippen LogP contribution in [0, 0.1) is 0 Å². The van der Waals surface area contributed by atoms with Gasteiger partial charge in [0, 0.05) is 21.5 Å². The molecular formula is C8H19O4P. The Morgan fingerprint density at radius 1 is 1.23 bits per heavy atom. The SMILES string of the molecule is COCC(=O)[O-].COC[P+](C)(C)C. The normalized spacial score (nSPS) is 10.2. The first-order valence-electron chi connectivity index (χ1n) is 3.81. The predicted molar refractivity (Wildman–Crippen MR) is 53.5 cm³/mol. The number of ether oxygens (including phenoxy) is 2. The summed E-state index contributed by atoms with van der Waals surface area (Å²) < 4.78 is 9.10. The highest BCUT2D eigenvalue weighted by atomic mass is 31.2. The van der Waals surface area contributed by atoms with Crippen LogP contribution in [0.3, 0.4) is 0 Å². The first-order chi connectivity index (χ1) is 5.83. The highest BCUT2D eigenvalue weighted by Gasteiger charge is 2.14. The maximum Gasteiger partial charge on any atom is 0.155 e. The number of aliphatic carboxylic acids is 1. The van der Waals surface area contributed by atoms with Crippen LogP contribution in [-0.4, -0.2) is 53.1 Å². The Morgan fingerprint density at radius 3 is 1.69 bits per heavy atom. The van der Waals surface area contributed by atoms with Crippen molar-refractivity contribution in [2.45, 2.75) is 0 Å². The third-order valence-corrected chi connectivity index (χ3v) is 1.81. The molecule has 0 aromatic rings. The van der Waals surface area contributed by atoms with E-state index in [1.165, 1.54) is 7.11 Å². The van der Waals surface area contributed by atoms with Gasteiger partial charge in [-0.15, -0.1) is 0 Å². The summed E-state index contributed by atoms with van der Waals surface area (Å²) in [5.74, 6) is -1.18. The summed E-state index contributed by atoms with van der Waals surface area (Å²) in [4.78, 5) is 9.36. The maximum atomic E-state index is 9.36. The van der Waals surface area contributed by atoms with E-state index in [9.17, 15) is 9.90 Å². The monoisotopic (exact) mass is 210 g/mol. The molecule has 0 aromatic heterocycles. The fourth-order valence-electron chi connectivity index (χ4n) is 0.505. The summed E-state index contributed by atoms with van der Waals surface area (Å²) in [6.07, 6.45) is 0.951. The van der Waals surface area contributed by atoms with Crippen LogP contribution in [0.4, 0.5) is 0 Å². The van der Waals surface area contributed by atoms with Gasteiger partial charge in [0.05, 0.1) is 32.6 Å². The molecule has 0 aliphatic carbocycles. The summed E-state index contributed by atoms with van der Waals surface area (Å²) in [6.45, 7) is 6.46. The van der Waals surface area contributed by atoms with Crippen molar-refractivity contribution in [2.75, 3.05) is 47.2 Å². The molecule has 5 heteroatoms. The highest BCUT2D eigenvalue weighted by molar-refractivity contribution is 7.73. The summed E-state index contributed by atoms with van der Waals surface area (Å²) in [5.41, 5.74) is 0. The molecule has 0 spiro atoms. The molecule has 0 unspecified atom stereocenters. The average Bonchev–Trinajstić information content (AvgIpc) is 1.84. The second-order valence-corrected chi connectivity index (χ2v) is 8.35. The fraction of sp³-hybridized carbons (Fsp3) is 0.875. The first kappa shape index (κ1) is 15.3. The number of carboxylic acids is 1. The van der Waals surface area contributed by atoms with Crippen molar-refractivity contribution in [2.24, 2.45) is 0 Å². The van der Waals surface area contributed by atoms with Crippen molar-refractivity contribution < 1.29 is 19.4 Å². The number of hydrogen-bond acceptors (Lipinski definition) is 4. The van der Waals surface area contributed by atoms with Gasteiger partial charge in [-0.25, -0.2) is 0 Å². The number of rotatable bonds is 4. The van der Waals surface area contributed by atoms with E-state index < -0.39 is 13.2 Å². The van der Waals surface area contributed by atoms with Gasteiger partial charge in [-0.1, -0.05) is 0 Å². The molecule has 0 bridgehead atoms. The van der Waals surface area contributed by atoms with Crippen molar-refractivity contribution in [1.82, 2.24) is 0 Å². The van der Waals surface area contributed by atoms with Crippen LogP contribution in [-0.2, 0) is 14.3 Å². The molecule has 0 saturated carbocycles. The Kier molecular flexibility index (Phi) is 9.91. The topological polar surface area (TPSA) is 58.6 Å². The van der Waals surface area contributed by atoms with Gasteiger partial charge in [0.15, 0.2) is 6.35 Å². The van der Waals surface area contributed by atoms with Crippen LogP contribution in [0.15, 0.2) is 0 Å². The van der Waals surface area contributed by atoms with E-state index >= 15 is 0 Å². The van der Waals surface area contributed by atoms with Crippen molar-refractivity contribution >= 4 is 13.2 Å². The Hall–Kier alpha value is -0.180. The third kappa shape index (κ3) is 24.5. The molecule has 4 nitrogen and oxygen atoms in total. The van der Waals surface area contributed by atoms with E-state index in [1.807, 2.05) is 0 Å². The van der Waals surface area contributed by atoms with Gasteiger partial charge in [0.1, 0.15) is 0 Å². The molecule has 0 N–H and O–H groups in total. The molecule has 0 aliphatic rings. The van der Waals surface area contributed by atoms with Gasteiger partial charge >= 0.3 is 0 Å². The Balaban J connectivity index is 0. The molecule has 0 fully saturated rings. The van der Waals surface area contributed by atoms with Crippen molar-refractivity contribution in [3.8, 4) is 0 Å². The van der Waals surface area contributed by atoms with E-state index in [4.69, 9.17) is 4.74 Å². The largest absolute Gasteiger partial charge is 0.548 e. The minimum absolute atomic E-state index is 0.319. The predicted octanol–water partition coefficient (Wildman–Crippen LogP) is -0.120. The van der Waals surface area contributed by atoms with Crippen LogP contribution < -0.4 is 5.11 Å². The molecule has 0 heterocycles. The lowest BCUT2D eigenvalue weighted by Crippen LogP contribution is -2.26. The lowest BCUT2D eigenvalue weighted by Gasteiger charge is -2.07. The number of carboxylic acid groups (broad SMARTS) is 1. The van der Waals surface area contributed by atoms with E-state index in [0.717, 1.165) is 6.35 Å². The quantitative estimate of drug-likeness (QED) is 0.607. The highest BCUT2D eigenvalue weighted by Crippen LogP contribution is 2.45. The molecule has 0 atom stereocenters.